The highest BCUT2D eigenvalue weighted by Crippen LogP contribution is 2.28. The second-order valence-electron chi connectivity index (χ2n) is 5.68. The van der Waals surface area contributed by atoms with Crippen molar-refractivity contribution in [3.63, 3.8) is 0 Å². The van der Waals surface area contributed by atoms with E-state index in [0.29, 0.717) is 22.8 Å². The zero-order valence-corrected chi connectivity index (χ0v) is 15.0. The monoisotopic (exact) mass is 353 g/mol. The average molecular weight is 353 g/mol. The highest BCUT2D eigenvalue weighted by atomic mass is 16.6. The number of aryl methyl sites for hydroxylation is 1. The largest absolute Gasteiger partial charge is 0.497 e. The van der Waals surface area contributed by atoms with Crippen LogP contribution in [0.5, 0.6) is 17.2 Å². The molecule has 0 radical (unpaired) electrons. The number of methoxy groups -OCH3 is 3. The Morgan fingerprint density at radius 3 is 2.27 bits per heavy atom. The van der Waals surface area contributed by atoms with E-state index in [4.69, 9.17) is 18.9 Å². The van der Waals surface area contributed by atoms with Gasteiger partial charge < -0.3 is 18.9 Å². The first-order valence-electron chi connectivity index (χ1n) is 7.94. The summed E-state index contributed by atoms with van der Waals surface area (Å²) in [5, 5.41) is 0. The van der Waals surface area contributed by atoms with Crippen molar-refractivity contribution in [3.8, 4) is 17.2 Å². The molecule has 6 nitrogen and oxygen atoms in total. The average Bonchev–Trinajstić information content (AvgIpc) is 3.02. The van der Waals surface area contributed by atoms with Gasteiger partial charge in [0.05, 0.1) is 21.3 Å². The Bertz CT molecular complexity index is 892. The number of aliphatic imine (C=N–C) groups is 1. The van der Waals surface area contributed by atoms with Gasteiger partial charge in [-0.25, -0.2) is 9.79 Å². The molecule has 2 aromatic carbocycles. The third-order valence-electron chi connectivity index (χ3n) is 3.90. The van der Waals surface area contributed by atoms with E-state index >= 15 is 0 Å². The number of cyclic esters (lactones) is 1. The third kappa shape index (κ3) is 3.54. The quantitative estimate of drug-likeness (QED) is 0.609. The summed E-state index contributed by atoms with van der Waals surface area (Å²) in [5.41, 5.74) is 2.60. The van der Waals surface area contributed by atoms with Crippen LogP contribution in [0, 0.1) is 6.92 Å². The minimum absolute atomic E-state index is 0.199. The minimum atomic E-state index is -0.523. The van der Waals surface area contributed by atoms with Crippen molar-refractivity contribution in [2.75, 3.05) is 21.3 Å². The highest BCUT2D eigenvalue weighted by molar-refractivity contribution is 6.13. The van der Waals surface area contributed by atoms with Crippen LogP contribution >= 0.6 is 0 Å². The summed E-state index contributed by atoms with van der Waals surface area (Å²) in [4.78, 5) is 16.6. The van der Waals surface area contributed by atoms with Gasteiger partial charge >= 0.3 is 5.97 Å². The molecule has 26 heavy (non-hydrogen) atoms. The molecule has 1 heterocycles. The molecule has 0 bridgehead atoms. The molecule has 0 aliphatic carbocycles. The Morgan fingerprint density at radius 1 is 0.962 bits per heavy atom. The fourth-order valence-corrected chi connectivity index (χ4v) is 2.58. The summed E-state index contributed by atoms with van der Waals surface area (Å²) < 4.78 is 21.2. The number of esters is 1. The van der Waals surface area contributed by atoms with Crippen LogP contribution in [-0.4, -0.2) is 33.2 Å². The molecule has 0 aromatic heterocycles. The molecule has 0 spiro atoms. The first kappa shape index (κ1) is 17.5. The van der Waals surface area contributed by atoms with E-state index < -0.39 is 5.97 Å². The van der Waals surface area contributed by atoms with Crippen LogP contribution in [0.1, 0.15) is 16.7 Å². The number of hydrogen-bond donors (Lipinski definition) is 0. The molecule has 0 amide bonds. The van der Waals surface area contributed by atoms with Crippen molar-refractivity contribution < 1.29 is 23.7 Å². The van der Waals surface area contributed by atoms with Crippen LogP contribution in [0.2, 0.25) is 0 Å². The number of carbonyl (C=O) groups is 1. The minimum Gasteiger partial charge on any atom is -0.497 e. The molecule has 1 aliphatic heterocycles. The molecule has 0 atom stereocenters. The van der Waals surface area contributed by atoms with E-state index in [9.17, 15) is 4.79 Å². The van der Waals surface area contributed by atoms with Crippen LogP contribution in [0.3, 0.4) is 0 Å². The number of hydrogen-bond acceptors (Lipinski definition) is 6. The van der Waals surface area contributed by atoms with Gasteiger partial charge in [-0.3, -0.25) is 0 Å². The van der Waals surface area contributed by atoms with Crippen LogP contribution in [-0.2, 0) is 9.53 Å². The zero-order chi connectivity index (χ0) is 18.7. The summed E-state index contributed by atoms with van der Waals surface area (Å²) in [6.45, 7) is 1.96. The van der Waals surface area contributed by atoms with Gasteiger partial charge in [0, 0.05) is 17.2 Å². The van der Waals surface area contributed by atoms with Gasteiger partial charge in [-0.15, -0.1) is 0 Å². The highest BCUT2D eigenvalue weighted by Gasteiger charge is 2.25. The Balaban J connectivity index is 2.01. The molecule has 0 unspecified atom stereocenters. The number of benzene rings is 2. The summed E-state index contributed by atoms with van der Waals surface area (Å²) in [6, 6.07) is 10.9. The lowest BCUT2D eigenvalue weighted by molar-refractivity contribution is -0.129. The van der Waals surface area contributed by atoms with Gasteiger partial charge in [0.25, 0.3) is 0 Å². The van der Waals surface area contributed by atoms with E-state index in [-0.39, 0.29) is 11.6 Å². The topological polar surface area (TPSA) is 66.3 Å². The molecular formula is C20H19NO5. The molecule has 3 rings (SSSR count). The number of nitrogens with zero attached hydrogens (tertiary/aromatic N) is 1. The molecule has 0 saturated heterocycles. The first-order valence-corrected chi connectivity index (χ1v) is 7.94. The Kier molecular flexibility index (Phi) is 4.93. The summed E-state index contributed by atoms with van der Waals surface area (Å²) in [7, 11) is 4.68. The van der Waals surface area contributed by atoms with Crippen molar-refractivity contribution in [3.05, 3.63) is 58.8 Å². The Hall–Kier alpha value is -3.28. The molecule has 0 fully saturated rings. The van der Waals surface area contributed by atoms with E-state index in [1.54, 1.807) is 45.6 Å². The lowest BCUT2D eigenvalue weighted by Gasteiger charge is -2.07. The smallest absolute Gasteiger partial charge is 0.363 e. The fraction of sp³-hybridized carbons (Fsp3) is 0.200. The summed E-state index contributed by atoms with van der Waals surface area (Å²) >= 11 is 0. The molecule has 6 heteroatoms. The number of ether oxygens (including phenoxy) is 4. The van der Waals surface area contributed by atoms with Crippen molar-refractivity contribution in [1.82, 2.24) is 0 Å². The Labute approximate surface area is 151 Å². The number of rotatable bonds is 5. The van der Waals surface area contributed by atoms with Gasteiger partial charge in [0.15, 0.2) is 5.70 Å². The van der Waals surface area contributed by atoms with Crippen molar-refractivity contribution in [1.29, 1.82) is 0 Å². The van der Waals surface area contributed by atoms with Crippen LogP contribution in [0.25, 0.3) is 6.08 Å². The third-order valence-corrected chi connectivity index (χ3v) is 3.90. The van der Waals surface area contributed by atoms with Gasteiger partial charge in [0.1, 0.15) is 17.2 Å². The van der Waals surface area contributed by atoms with Gasteiger partial charge in [-0.1, -0.05) is 11.6 Å². The SMILES string of the molecule is COc1cc(OC)cc(C2=N/C(=C/c3cc(C)ccc3OC)C(=O)O2)c1. The second kappa shape index (κ2) is 7.31. The predicted molar refractivity (Wildman–Crippen MR) is 97.9 cm³/mol. The summed E-state index contributed by atoms with van der Waals surface area (Å²) in [5.74, 6) is 1.49. The molecule has 134 valence electrons. The lowest BCUT2D eigenvalue weighted by atomic mass is 10.1. The summed E-state index contributed by atoms with van der Waals surface area (Å²) in [6.07, 6.45) is 1.65. The first-order chi connectivity index (χ1) is 12.5. The van der Waals surface area contributed by atoms with Crippen molar-refractivity contribution >= 4 is 17.9 Å². The molecule has 2 aromatic rings. The maximum Gasteiger partial charge on any atom is 0.363 e. The van der Waals surface area contributed by atoms with Crippen LogP contribution in [0.15, 0.2) is 47.1 Å². The molecule has 1 aliphatic rings. The van der Waals surface area contributed by atoms with Gasteiger partial charge in [0.2, 0.25) is 5.90 Å². The van der Waals surface area contributed by atoms with E-state index in [1.807, 2.05) is 25.1 Å². The predicted octanol–water partition coefficient (Wildman–Crippen LogP) is 3.37. The van der Waals surface area contributed by atoms with Gasteiger partial charge in [-0.05, 0) is 37.3 Å². The van der Waals surface area contributed by atoms with Gasteiger partial charge in [-0.2, -0.15) is 0 Å². The fourth-order valence-electron chi connectivity index (χ4n) is 2.58. The van der Waals surface area contributed by atoms with Crippen molar-refractivity contribution in [2.24, 2.45) is 4.99 Å². The lowest BCUT2D eigenvalue weighted by Crippen LogP contribution is -2.06. The van der Waals surface area contributed by atoms with Crippen LogP contribution < -0.4 is 14.2 Å². The molecular weight excluding hydrogens is 334 g/mol. The molecule has 0 saturated carbocycles. The van der Waals surface area contributed by atoms with E-state index in [2.05, 4.69) is 4.99 Å². The maximum absolute atomic E-state index is 12.2. The van der Waals surface area contributed by atoms with Crippen molar-refractivity contribution in [2.45, 2.75) is 6.92 Å². The van der Waals surface area contributed by atoms with E-state index in [1.165, 1.54) is 0 Å². The number of carbonyl (C=O) groups excluding carboxylic acids is 1. The van der Waals surface area contributed by atoms with E-state index in [0.717, 1.165) is 11.1 Å². The Morgan fingerprint density at radius 2 is 1.65 bits per heavy atom. The second-order valence-corrected chi connectivity index (χ2v) is 5.68. The normalized spacial score (nSPS) is 14.8. The van der Waals surface area contributed by atoms with Crippen LogP contribution in [0.4, 0.5) is 0 Å². The zero-order valence-electron chi connectivity index (χ0n) is 15.0. The maximum atomic E-state index is 12.2. The standard InChI is InChI=1S/C20H19NO5/c1-12-5-6-18(25-4)13(7-12)10-17-20(22)26-19(21-17)14-8-15(23-2)11-16(9-14)24-3/h5-11H,1-4H3/b17-10+. The molecule has 0 N–H and O–H groups in total.